The van der Waals surface area contributed by atoms with Gasteiger partial charge in [-0.15, -0.1) is 0 Å². The van der Waals surface area contributed by atoms with Crippen molar-refractivity contribution in [3.05, 3.63) is 55.3 Å². The highest BCUT2D eigenvalue weighted by atomic mass is 15.3. The Kier molecular flexibility index (Phi) is 3.67. The number of aromatic nitrogens is 6. The van der Waals surface area contributed by atoms with E-state index in [2.05, 4.69) is 29.8 Å². The number of imidazole rings is 1. The topological polar surface area (TPSA) is 72.6 Å². The smallest absolute Gasteiger partial charge is 0.225 e. The summed E-state index contributed by atoms with van der Waals surface area (Å²) in [4.78, 5) is 24.2. The van der Waals surface area contributed by atoms with Gasteiger partial charge in [0.1, 0.15) is 6.33 Å². The average molecular weight is 307 g/mol. The molecule has 7 heteroatoms. The number of nitrogens with zero attached hydrogens (tertiary/aromatic N) is 7. The Morgan fingerprint density at radius 1 is 0.957 bits per heavy atom. The third-order valence-corrected chi connectivity index (χ3v) is 4.10. The number of piperidine rings is 1. The number of anilines is 1. The van der Waals surface area contributed by atoms with E-state index in [9.17, 15) is 0 Å². The molecule has 1 unspecified atom stereocenters. The molecule has 1 aliphatic heterocycles. The molecule has 1 saturated heterocycles. The van der Waals surface area contributed by atoms with E-state index in [-0.39, 0.29) is 0 Å². The molecule has 0 amide bonds. The van der Waals surface area contributed by atoms with Gasteiger partial charge in [0.25, 0.3) is 0 Å². The Balaban J connectivity index is 1.64. The first-order valence-corrected chi connectivity index (χ1v) is 7.73. The zero-order chi connectivity index (χ0) is 15.5. The Labute approximate surface area is 134 Å². The SMILES string of the molecule is c1cnc(N2CCCC(c3nccnc3-n3ccnc3)C2)nc1. The lowest BCUT2D eigenvalue weighted by molar-refractivity contribution is 0.492. The van der Waals surface area contributed by atoms with Crippen LogP contribution in [0.5, 0.6) is 0 Å². The molecule has 23 heavy (non-hydrogen) atoms. The van der Waals surface area contributed by atoms with Crippen molar-refractivity contribution in [3.8, 4) is 5.82 Å². The predicted octanol–water partition coefficient (Wildman–Crippen LogP) is 1.84. The summed E-state index contributed by atoms with van der Waals surface area (Å²) in [7, 11) is 0. The molecular weight excluding hydrogens is 290 g/mol. The summed E-state index contributed by atoms with van der Waals surface area (Å²) in [6, 6.07) is 1.84. The molecule has 0 spiro atoms. The quantitative estimate of drug-likeness (QED) is 0.735. The third kappa shape index (κ3) is 2.77. The molecule has 4 rings (SSSR count). The summed E-state index contributed by atoms with van der Waals surface area (Å²) in [6.07, 6.45) is 14.6. The van der Waals surface area contributed by atoms with E-state index in [0.717, 1.165) is 43.4 Å². The zero-order valence-electron chi connectivity index (χ0n) is 12.7. The summed E-state index contributed by atoms with van der Waals surface area (Å²) in [5.74, 6) is 1.94. The minimum absolute atomic E-state index is 0.304. The molecule has 7 nitrogen and oxygen atoms in total. The lowest BCUT2D eigenvalue weighted by Gasteiger charge is -2.32. The van der Waals surface area contributed by atoms with Crippen molar-refractivity contribution in [3.63, 3.8) is 0 Å². The van der Waals surface area contributed by atoms with Gasteiger partial charge >= 0.3 is 0 Å². The summed E-state index contributed by atoms with van der Waals surface area (Å²) in [6.45, 7) is 1.82. The highest BCUT2D eigenvalue weighted by Crippen LogP contribution is 2.29. The van der Waals surface area contributed by atoms with Gasteiger partial charge in [0.15, 0.2) is 5.82 Å². The Morgan fingerprint density at radius 2 is 1.83 bits per heavy atom. The maximum absolute atomic E-state index is 4.61. The Morgan fingerprint density at radius 3 is 2.65 bits per heavy atom. The molecule has 1 atom stereocenters. The van der Waals surface area contributed by atoms with Crippen LogP contribution in [0, 0.1) is 0 Å². The van der Waals surface area contributed by atoms with Crippen LogP contribution in [0.1, 0.15) is 24.5 Å². The van der Waals surface area contributed by atoms with Crippen molar-refractivity contribution >= 4 is 5.95 Å². The van der Waals surface area contributed by atoms with Gasteiger partial charge in [0, 0.05) is 56.2 Å². The molecule has 3 aromatic rings. The van der Waals surface area contributed by atoms with Crippen LogP contribution in [0.25, 0.3) is 5.82 Å². The van der Waals surface area contributed by atoms with Crippen molar-refractivity contribution in [1.82, 2.24) is 29.5 Å². The largest absolute Gasteiger partial charge is 0.340 e. The van der Waals surface area contributed by atoms with Gasteiger partial charge in [0.2, 0.25) is 5.95 Å². The van der Waals surface area contributed by atoms with Gasteiger partial charge < -0.3 is 4.90 Å². The van der Waals surface area contributed by atoms with Crippen LogP contribution in [-0.2, 0) is 0 Å². The number of rotatable bonds is 3. The van der Waals surface area contributed by atoms with Crippen molar-refractivity contribution in [1.29, 1.82) is 0 Å². The fourth-order valence-electron chi connectivity index (χ4n) is 3.05. The van der Waals surface area contributed by atoms with Crippen LogP contribution < -0.4 is 4.90 Å². The van der Waals surface area contributed by atoms with Crippen LogP contribution in [0.3, 0.4) is 0 Å². The summed E-state index contributed by atoms with van der Waals surface area (Å²) in [5, 5.41) is 0. The molecule has 116 valence electrons. The van der Waals surface area contributed by atoms with Gasteiger partial charge in [0.05, 0.1) is 5.69 Å². The lowest BCUT2D eigenvalue weighted by Crippen LogP contribution is -2.36. The predicted molar refractivity (Wildman–Crippen MR) is 85.4 cm³/mol. The van der Waals surface area contributed by atoms with E-state index in [1.165, 1.54) is 0 Å². The van der Waals surface area contributed by atoms with E-state index >= 15 is 0 Å². The van der Waals surface area contributed by atoms with Crippen molar-refractivity contribution in [2.75, 3.05) is 18.0 Å². The second-order valence-electron chi connectivity index (χ2n) is 5.57. The number of hydrogen-bond donors (Lipinski definition) is 0. The van der Waals surface area contributed by atoms with E-state index in [1.54, 1.807) is 37.3 Å². The fourth-order valence-corrected chi connectivity index (χ4v) is 3.05. The highest BCUT2D eigenvalue weighted by Gasteiger charge is 2.26. The van der Waals surface area contributed by atoms with Crippen molar-refractivity contribution < 1.29 is 0 Å². The Bertz CT molecular complexity index is 757. The van der Waals surface area contributed by atoms with Crippen molar-refractivity contribution in [2.24, 2.45) is 0 Å². The summed E-state index contributed by atoms with van der Waals surface area (Å²) >= 11 is 0. The van der Waals surface area contributed by atoms with Crippen LogP contribution in [-0.4, -0.2) is 42.6 Å². The van der Waals surface area contributed by atoms with E-state index in [1.807, 2.05) is 16.8 Å². The molecule has 0 aliphatic carbocycles. The van der Waals surface area contributed by atoms with Crippen molar-refractivity contribution in [2.45, 2.75) is 18.8 Å². The molecule has 0 aromatic carbocycles. The molecule has 1 aliphatic rings. The first kappa shape index (κ1) is 13.8. The second-order valence-corrected chi connectivity index (χ2v) is 5.57. The van der Waals surface area contributed by atoms with Crippen LogP contribution >= 0.6 is 0 Å². The van der Waals surface area contributed by atoms with Gasteiger partial charge in [-0.25, -0.2) is 19.9 Å². The normalized spacial score (nSPS) is 18.1. The fraction of sp³-hybridized carbons (Fsp3) is 0.312. The van der Waals surface area contributed by atoms with E-state index in [4.69, 9.17) is 0 Å². The molecule has 3 aromatic heterocycles. The maximum atomic E-state index is 4.61. The molecule has 1 fully saturated rings. The van der Waals surface area contributed by atoms with Crippen LogP contribution in [0.2, 0.25) is 0 Å². The molecule has 0 N–H and O–H groups in total. The molecular formula is C16H17N7. The zero-order valence-corrected chi connectivity index (χ0v) is 12.7. The number of hydrogen-bond acceptors (Lipinski definition) is 6. The van der Waals surface area contributed by atoms with Crippen LogP contribution in [0.15, 0.2) is 49.6 Å². The maximum Gasteiger partial charge on any atom is 0.225 e. The molecule has 0 bridgehead atoms. The summed E-state index contributed by atoms with van der Waals surface area (Å²) in [5.41, 5.74) is 1.01. The Hall–Kier alpha value is -2.83. The van der Waals surface area contributed by atoms with Gasteiger partial charge in [-0.05, 0) is 18.9 Å². The minimum Gasteiger partial charge on any atom is -0.340 e. The summed E-state index contributed by atoms with van der Waals surface area (Å²) < 4.78 is 1.92. The second kappa shape index (κ2) is 6.12. The van der Waals surface area contributed by atoms with Gasteiger partial charge in [-0.2, -0.15) is 0 Å². The highest BCUT2D eigenvalue weighted by molar-refractivity contribution is 5.36. The van der Waals surface area contributed by atoms with E-state index in [0.29, 0.717) is 5.92 Å². The van der Waals surface area contributed by atoms with Crippen LogP contribution in [0.4, 0.5) is 5.95 Å². The molecule has 0 radical (unpaired) electrons. The third-order valence-electron chi connectivity index (χ3n) is 4.10. The van der Waals surface area contributed by atoms with Gasteiger partial charge in [-0.1, -0.05) is 0 Å². The minimum atomic E-state index is 0.304. The van der Waals surface area contributed by atoms with E-state index < -0.39 is 0 Å². The molecule has 4 heterocycles. The first-order valence-electron chi connectivity index (χ1n) is 7.73. The standard InChI is InChI=1S/C16H17N7/c1-3-13(11-22(9-1)16-20-4-2-5-21-16)14-15(19-7-6-18-14)23-10-8-17-12-23/h2,4-8,10,12-13H,1,3,9,11H2. The lowest BCUT2D eigenvalue weighted by atomic mass is 9.94. The average Bonchev–Trinajstić information content (AvgIpc) is 3.17. The monoisotopic (exact) mass is 307 g/mol. The van der Waals surface area contributed by atoms with Gasteiger partial charge in [-0.3, -0.25) is 9.55 Å². The first-order chi connectivity index (χ1) is 11.4. The molecule has 0 saturated carbocycles.